The quantitative estimate of drug-likeness (QED) is 0.00837. The third kappa shape index (κ3) is 56.3. The molecule has 42 heteroatoms. The number of carbonyl (C=O) groups excluding carboxylic acids is 6. The summed E-state index contributed by atoms with van der Waals surface area (Å²) in [5.41, 5.74) is 37.7. The van der Waals surface area contributed by atoms with Gasteiger partial charge in [-0.1, -0.05) is 123 Å². The molecule has 38 nitrogen and oxygen atoms in total. The Morgan fingerprint density at radius 2 is 0.752 bits per heavy atom. The molecule has 0 saturated heterocycles. The van der Waals surface area contributed by atoms with Gasteiger partial charge in [-0.05, 0) is 162 Å². The zero-order chi connectivity index (χ0) is 92.7. The number of anilines is 4. The summed E-state index contributed by atoms with van der Waals surface area (Å²) in [4.78, 5) is 93.9. The van der Waals surface area contributed by atoms with Crippen molar-refractivity contribution in [1.29, 1.82) is 5.41 Å². The number of amidine groups is 1. The predicted octanol–water partition coefficient (Wildman–Crippen LogP) is 4.19. The number of esters is 1. The van der Waals surface area contributed by atoms with Crippen LogP contribution in [0.4, 0.5) is 23.3 Å². The third-order valence-corrected chi connectivity index (χ3v) is 17.5. The molecular formula is C83H133Cl2IN18O20S. The van der Waals surface area contributed by atoms with Crippen LogP contribution in [0, 0.1) is 5.41 Å². The van der Waals surface area contributed by atoms with Crippen LogP contribution in [0.1, 0.15) is 135 Å². The van der Waals surface area contributed by atoms with Gasteiger partial charge >= 0.3 is 5.97 Å². The minimum Gasteiger partial charge on any atom is -0.484 e. The summed E-state index contributed by atoms with van der Waals surface area (Å²) in [5, 5.41) is 91.9. The highest BCUT2D eigenvalue weighted by Gasteiger charge is 2.20. The number of ether oxygens (including phenoxy) is 5. The van der Waals surface area contributed by atoms with Gasteiger partial charge in [0.25, 0.3) is 29.5 Å². The fourth-order valence-electron chi connectivity index (χ4n) is 10.1. The van der Waals surface area contributed by atoms with Crippen LogP contribution in [0.15, 0.2) is 102 Å². The van der Waals surface area contributed by atoms with Gasteiger partial charge in [0, 0.05) is 65.5 Å². The second kappa shape index (κ2) is 75.9. The van der Waals surface area contributed by atoms with E-state index in [0.717, 1.165) is 68.7 Å². The van der Waals surface area contributed by atoms with E-state index in [1.165, 1.54) is 69.9 Å². The number of aryl methyl sites for hydroxylation is 4. The lowest BCUT2D eigenvalue weighted by Gasteiger charge is -2.20. The summed E-state index contributed by atoms with van der Waals surface area (Å²) in [5.74, 6) is -0.451. The summed E-state index contributed by atoms with van der Waals surface area (Å²) in [6, 6.07) is 30.7. The van der Waals surface area contributed by atoms with E-state index in [1.807, 2.05) is 72.8 Å². The van der Waals surface area contributed by atoms with Crippen LogP contribution in [0.25, 0.3) is 0 Å². The minimum atomic E-state index is -0.693. The molecular weight excluding hydrogens is 1800 g/mol. The second-order valence-electron chi connectivity index (χ2n) is 26.1. The van der Waals surface area contributed by atoms with Gasteiger partial charge in [0.2, 0.25) is 0 Å². The van der Waals surface area contributed by atoms with Gasteiger partial charge < -0.3 is 129 Å². The van der Waals surface area contributed by atoms with Crippen molar-refractivity contribution in [2.24, 2.45) is 16.5 Å². The maximum Gasteiger partial charge on any atom is 0.344 e. The molecule has 5 amide bonds. The maximum atomic E-state index is 12.2. The molecule has 0 aliphatic heterocycles. The van der Waals surface area contributed by atoms with E-state index >= 15 is 0 Å². The molecule has 6 rings (SSSR count). The normalized spacial score (nSPS) is 10.3. The van der Waals surface area contributed by atoms with Gasteiger partial charge in [0.05, 0.1) is 59.5 Å². The average Bonchev–Trinajstić information content (AvgIpc) is 0.841. The minimum absolute atomic E-state index is 0. The van der Waals surface area contributed by atoms with Crippen LogP contribution in [0.3, 0.4) is 0 Å². The van der Waals surface area contributed by atoms with Gasteiger partial charge in [-0.3, -0.25) is 39.7 Å². The molecule has 0 spiro atoms. The Bertz CT molecular complexity index is 3820. The lowest BCUT2D eigenvalue weighted by Crippen LogP contribution is -2.38. The zero-order valence-electron chi connectivity index (χ0n) is 72.2. The second-order valence-corrected chi connectivity index (χ2v) is 27.7. The first kappa shape index (κ1) is 118. The Morgan fingerprint density at radius 1 is 0.448 bits per heavy atom. The van der Waals surface area contributed by atoms with Crippen molar-refractivity contribution in [3.8, 4) is 23.0 Å². The number of benzene rings is 4. The van der Waals surface area contributed by atoms with Crippen molar-refractivity contribution in [2.75, 3.05) is 187 Å². The molecule has 0 saturated carbocycles. The SMILES string of the molecule is CCCCCc1ccc(OCC(=O)N(CCO)CCO)cc1.CCCCCc1ccc(OCC(=O)OCC)cc1.CCO.CSC(=N)NC(=O)c1nc(Cl)c(N)nc1N.I.NC(=NCCCCc1ccc(OCC(=O)N(CCO)CCO)cc1)NC(=O)c1nc(Cl)c(N)nc1N.NCCCCc1ccc(OCC(=O)N(CCO)CCO)cc1.OCCNCCO. The molecule has 25 N–H and O–H groups in total. The summed E-state index contributed by atoms with van der Waals surface area (Å²) in [6.07, 6.45) is 16.6. The van der Waals surface area contributed by atoms with E-state index in [0.29, 0.717) is 55.8 Å². The molecule has 0 fully saturated rings. The number of thioether (sulfide) groups is 1. The van der Waals surface area contributed by atoms with Crippen LogP contribution in [-0.4, -0.2) is 291 Å². The summed E-state index contributed by atoms with van der Waals surface area (Å²) in [7, 11) is 0. The molecule has 2 aromatic heterocycles. The number of nitrogens with zero attached hydrogens (tertiary/aromatic N) is 8. The molecule has 0 atom stereocenters. The number of nitrogen functional groups attached to an aromatic ring is 4. The Balaban J connectivity index is 0. The Kier molecular flexibility index (Phi) is 71.5. The molecule has 0 radical (unpaired) electrons. The highest BCUT2D eigenvalue weighted by Crippen LogP contribution is 2.22. The Labute approximate surface area is 763 Å². The maximum absolute atomic E-state index is 12.2. The molecule has 4 aromatic carbocycles. The lowest BCUT2D eigenvalue weighted by atomic mass is 10.1. The van der Waals surface area contributed by atoms with E-state index in [-0.39, 0.29) is 229 Å². The molecule has 6 aromatic rings. The average molecular weight is 1930 g/mol. The number of aliphatic hydroxyl groups is 9. The van der Waals surface area contributed by atoms with Crippen molar-refractivity contribution in [3.05, 3.63) is 141 Å². The van der Waals surface area contributed by atoms with Crippen LogP contribution in [-0.2, 0) is 49.6 Å². The van der Waals surface area contributed by atoms with Gasteiger partial charge in [0.15, 0.2) is 82.5 Å². The summed E-state index contributed by atoms with van der Waals surface area (Å²) < 4.78 is 26.5. The highest BCUT2D eigenvalue weighted by molar-refractivity contribution is 14.0. The number of halogens is 3. The number of guanidine groups is 1. The first-order valence-electron chi connectivity index (χ1n) is 40.7. The van der Waals surface area contributed by atoms with Crippen LogP contribution in [0.2, 0.25) is 10.3 Å². The number of hydrogen-bond acceptors (Lipinski definition) is 33. The lowest BCUT2D eigenvalue weighted by molar-refractivity contribution is -0.145. The summed E-state index contributed by atoms with van der Waals surface area (Å²) >= 11 is 12.4. The summed E-state index contributed by atoms with van der Waals surface area (Å²) in [6.45, 7) is 10.8. The molecule has 2 heterocycles. The van der Waals surface area contributed by atoms with Crippen molar-refractivity contribution in [3.63, 3.8) is 0 Å². The van der Waals surface area contributed by atoms with Crippen LogP contribution < -0.4 is 69.3 Å². The number of aliphatic imine (C=N–C) groups is 1. The van der Waals surface area contributed by atoms with E-state index < -0.39 is 11.8 Å². The number of amides is 5. The standard InChI is InChI=1S/C22H31ClN8O5.C17H27NO4.C16H26N2O4.C15H22O3.C7H9ClN6OS.C4H11NO2.C2H6O.HI/c23-18-20(25)29-19(24)17(28-18)21(35)30-22(26)27-8-2-1-3-14-4-6-15(7-5-14)36-13-16(34)31(9-11-32)10-12-33;1-2-3-4-5-15-6-8-16(9-7-15)22-14-17(21)18(10-12-19)11-13-20;17-8-2-1-3-14-4-6-15(7-5-14)22-13-16(21)18(9-11-19)10-12-20;1-3-5-6-7-13-8-10-14(11-9-13)18-12-15(16)17-4-2;1-16-7(11)14-6(15)2-4(9)13-5(10)3(8)12-2;6-3-1-5-2-4-7;1-2-3;/h4-7,32-33H,1-3,8-13H2,(H4,24,25,29)(H3,26,27,30,35);6-9,19-20H,2-5,10-14H2,1H3;4-7,19-20H,1-3,8-13,17H2;8-11H,3-7,12H2,1-2H3;1H3,(H4,9,10,13)(H2,11,14,15);5-7H,1-4H2;3H,2H2,1H3;1H. The van der Waals surface area contributed by atoms with Crippen LogP contribution >= 0.6 is 58.9 Å². The number of rotatable bonds is 48. The monoisotopic (exact) mass is 1930 g/mol. The van der Waals surface area contributed by atoms with Gasteiger partial charge in [-0.2, -0.15) is 0 Å². The van der Waals surface area contributed by atoms with Gasteiger partial charge in [-0.15, -0.1) is 24.0 Å². The predicted molar refractivity (Wildman–Crippen MR) is 498 cm³/mol. The molecule has 0 aliphatic rings. The molecule has 0 aliphatic carbocycles. The number of nitrogens with one attached hydrogen (secondary N) is 4. The zero-order valence-corrected chi connectivity index (χ0v) is 76.9. The van der Waals surface area contributed by atoms with Gasteiger partial charge in [-0.25, -0.2) is 24.7 Å². The smallest absolute Gasteiger partial charge is 0.344 e. The van der Waals surface area contributed by atoms with Crippen LogP contribution in [0.5, 0.6) is 23.0 Å². The molecule has 125 heavy (non-hydrogen) atoms. The van der Waals surface area contributed by atoms with Crippen molar-refractivity contribution in [1.82, 2.24) is 50.6 Å². The van der Waals surface area contributed by atoms with Crippen molar-refractivity contribution >= 4 is 129 Å². The molecule has 0 bridgehead atoms. The van der Waals surface area contributed by atoms with E-state index in [4.69, 9.17) is 133 Å². The third-order valence-electron chi connectivity index (χ3n) is 16.4. The fourth-order valence-corrected chi connectivity index (χ4v) is 10.5. The topological polar surface area (TPSA) is 620 Å². The number of nitrogens with two attached hydrogens (primary N) is 6. The fraction of sp³-hybridized carbons (Fsp3) is 0.518. The number of carbonyl (C=O) groups is 6. The van der Waals surface area contributed by atoms with Crippen molar-refractivity contribution in [2.45, 2.75) is 118 Å². The Hall–Kier alpha value is -9.38. The molecule has 0 unspecified atom stereocenters. The van der Waals surface area contributed by atoms with Gasteiger partial charge in [0.1, 0.15) is 23.0 Å². The van der Waals surface area contributed by atoms with E-state index in [9.17, 15) is 28.8 Å². The number of aromatic nitrogens is 4. The van der Waals surface area contributed by atoms with E-state index in [2.05, 4.69) is 66.9 Å². The van der Waals surface area contributed by atoms with Crippen molar-refractivity contribution < 1.29 is 98.4 Å². The largest absolute Gasteiger partial charge is 0.484 e. The Morgan fingerprint density at radius 3 is 1.04 bits per heavy atom. The molecule has 702 valence electrons. The number of hydrogen-bond donors (Lipinski definition) is 19. The van der Waals surface area contributed by atoms with E-state index in [1.54, 1.807) is 32.2 Å². The number of aliphatic hydroxyl groups excluding tert-OH is 9. The first-order valence-corrected chi connectivity index (χ1v) is 42.7. The highest BCUT2D eigenvalue weighted by atomic mass is 127. The number of unbranched alkanes of at least 4 members (excludes halogenated alkanes) is 6. The first-order chi connectivity index (χ1) is 59.7.